The van der Waals surface area contributed by atoms with Gasteiger partial charge in [0.25, 0.3) is 0 Å². The van der Waals surface area contributed by atoms with E-state index in [0.29, 0.717) is 23.7 Å². The zero-order chi connectivity index (χ0) is 20.1. The number of nitrogens with zero attached hydrogens (tertiary/aromatic N) is 1. The summed E-state index contributed by atoms with van der Waals surface area (Å²) in [6.07, 6.45) is 3.62. The van der Waals surface area contributed by atoms with Crippen LogP contribution in [0.5, 0.6) is 5.75 Å². The predicted molar refractivity (Wildman–Crippen MR) is 109 cm³/mol. The van der Waals surface area contributed by atoms with E-state index in [-0.39, 0.29) is 18.3 Å². The van der Waals surface area contributed by atoms with Crippen LogP contribution in [0, 0.1) is 5.92 Å². The molecule has 0 radical (unpaired) electrons. The largest absolute Gasteiger partial charge is 0.497 e. The quantitative estimate of drug-likeness (QED) is 0.533. The monoisotopic (exact) mass is 444 g/mol. The number of esters is 1. The number of ketones is 1. The highest BCUT2D eigenvalue weighted by atomic mass is 79.9. The minimum absolute atomic E-state index is 0.227. The van der Waals surface area contributed by atoms with Crippen LogP contribution in [-0.2, 0) is 14.3 Å². The summed E-state index contributed by atoms with van der Waals surface area (Å²) in [5, 5.41) is 3.18. The van der Waals surface area contributed by atoms with Crippen molar-refractivity contribution >= 4 is 33.5 Å². The van der Waals surface area contributed by atoms with Crippen molar-refractivity contribution in [2.45, 2.75) is 19.3 Å². The summed E-state index contributed by atoms with van der Waals surface area (Å²) in [4.78, 5) is 29.6. The molecule has 7 heteroatoms. The molecule has 146 valence electrons. The van der Waals surface area contributed by atoms with Gasteiger partial charge in [-0.25, -0.2) is 4.98 Å². The van der Waals surface area contributed by atoms with Crippen LogP contribution in [0.4, 0.5) is 5.82 Å². The Labute approximate surface area is 172 Å². The molecule has 1 aliphatic rings. The number of allylic oxidation sites excluding steroid dienone is 2. The predicted octanol–water partition coefficient (Wildman–Crippen LogP) is 4.08. The number of benzene rings is 1. The molecule has 1 N–H and O–H groups in total. The standard InChI is InChI=1S/C21H21BrN2O4/c1-3-28-21(26)20-17(13-5-4-6-16(9-13)27-2)10-15(11-18(20)25)24-19-8-7-14(22)12-23-19/h4-9,11-12,17,20H,3,10H2,1-2H3,(H,23,24)/t17-,20+/m0/s1. The van der Waals surface area contributed by atoms with Crippen LogP contribution in [0.2, 0.25) is 0 Å². The first-order valence-electron chi connectivity index (χ1n) is 8.95. The molecule has 3 rings (SSSR count). The molecule has 28 heavy (non-hydrogen) atoms. The lowest BCUT2D eigenvalue weighted by molar-refractivity contribution is -0.151. The summed E-state index contributed by atoms with van der Waals surface area (Å²) in [6, 6.07) is 11.1. The minimum atomic E-state index is -0.879. The van der Waals surface area contributed by atoms with Gasteiger partial charge in [-0.15, -0.1) is 0 Å². The first kappa shape index (κ1) is 20.1. The molecule has 0 fully saturated rings. The summed E-state index contributed by atoms with van der Waals surface area (Å²) in [7, 11) is 1.58. The highest BCUT2D eigenvalue weighted by molar-refractivity contribution is 9.10. The average Bonchev–Trinajstić information content (AvgIpc) is 2.69. The van der Waals surface area contributed by atoms with Gasteiger partial charge in [0, 0.05) is 28.4 Å². The van der Waals surface area contributed by atoms with E-state index < -0.39 is 11.9 Å². The van der Waals surface area contributed by atoms with E-state index in [1.165, 1.54) is 6.08 Å². The highest BCUT2D eigenvalue weighted by Gasteiger charge is 2.39. The Morgan fingerprint density at radius 2 is 2.14 bits per heavy atom. The lowest BCUT2D eigenvalue weighted by Crippen LogP contribution is -2.35. The molecule has 2 atom stereocenters. The van der Waals surface area contributed by atoms with Gasteiger partial charge in [0.2, 0.25) is 0 Å². The Bertz CT molecular complexity index is 896. The van der Waals surface area contributed by atoms with Crippen molar-refractivity contribution in [1.29, 1.82) is 0 Å². The molecule has 1 aliphatic carbocycles. The van der Waals surface area contributed by atoms with Gasteiger partial charge >= 0.3 is 5.97 Å². The van der Waals surface area contributed by atoms with Gasteiger partial charge in [0.1, 0.15) is 17.5 Å². The number of carbonyl (C=O) groups excluding carboxylic acids is 2. The van der Waals surface area contributed by atoms with Crippen molar-refractivity contribution in [2.75, 3.05) is 19.0 Å². The Morgan fingerprint density at radius 1 is 1.32 bits per heavy atom. The summed E-state index contributed by atoms with van der Waals surface area (Å²) >= 11 is 3.35. The van der Waals surface area contributed by atoms with Gasteiger partial charge in [0.05, 0.1) is 13.7 Å². The molecule has 1 aromatic carbocycles. The van der Waals surface area contributed by atoms with Crippen LogP contribution in [0.1, 0.15) is 24.8 Å². The van der Waals surface area contributed by atoms with Crippen LogP contribution in [0.25, 0.3) is 0 Å². The molecule has 0 spiro atoms. The molecule has 6 nitrogen and oxygen atoms in total. The van der Waals surface area contributed by atoms with Crippen molar-refractivity contribution in [3.63, 3.8) is 0 Å². The van der Waals surface area contributed by atoms with E-state index in [2.05, 4.69) is 26.2 Å². The molecule has 0 saturated heterocycles. The maximum Gasteiger partial charge on any atom is 0.317 e. The zero-order valence-electron chi connectivity index (χ0n) is 15.6. The van der Waals surface area contributed by atoms with Gasteiger partial charge < -0.3 is 14.8 Å². The van der Waals surface area contributed by atoms with Crippen molar-refractivity contribution in [3.05, 3.63) is 64.4 Å². The normalized spacial score (nSPS) is 19.0. The molecule has 0 unspecified atom stereocenters. The van der Waals surface area contributed by atoms with E-state index in [9.17, 15) is 9.59 Å². The second-order valence-electron chi connectivity index (χ2n) is 6.38. The number of pyridine rings is 1. The van der Waals surface area contributed by atoms with Crippen molar-refractivity contribution in [3.8, 4) is 5.75 Å². The first-order chi connectivity index (χ1) is 13.5. The van der Waals surface area contributed by atoms with Gasteiger partial charge in [-0.2, -0.15) is 0 Å². The van der Waals surface area contributed by atoms with E-state index in [4.69, 9.17) is 9.47 Å². The van der Waals surface area contributed by atoms with Gasteiger partial charge in [-0.05, 0) is 59.1 Å². The lowest BCUT2D eigenvalue weighted by atomic mass is 9.76. The molecule has 0 aliphatic heterocycles. The maximum atomic E-state index is 12.8. The zero-order valence-corrected chi connectivity index (χ0v) is 17.2. The molecular weight excluding hydrogens is 424 g/mol. The number of carbonyl (C=O) groups is 2. The van der Waals surface area contributed by atoms with Crippen LogP contribution in [-0.4, -0.2) is 30.5 Å². The van der Waals surface area contributed by atoms with Gasteiger partial charge in [-0.1, -0.05) is 12.1 Å². The third kappa shape index (κ3) is 4.59. The van der Waals surface area contributed by atoms with Crippen molar-refractivity contribution < 1.29 is 19.1 Å². The first-order valence-corrected chi connectivity index (χ1v) is 9.74. The summed E-state index contributed by atoms with van der Waals surface area (Å²) < 4.78 is 11.3. The second kappa shape index (κ2) is 9.01. The maximum absolute atomic E-state index is 12.8. The number of aromatic nitrogens is 1. The number of anilines is 1. The number of rotatable bonds is 6. The molecule has 1 heterocycles. The second-order valence-corrected chi connectivity index (χ2v) is 7.29. The third-order valence-electron chi connectivity index (χ3n) is 4.54. The number of halogens is 1. The number of ether oxygens (including phenoxy) is 2. The average molecular weight is 445 g/mol. The molecule has 0 bridgehead atoms. The van der Waals surface area contributed by atoms with Gasteiger partial charge in [0.15, 0.2) is 5.78 Å². The Hall–Kier alpha value is -2.67. The Kier molecular flexibility index (Phi) is 6.46. The van der Waals surface area contributed by atoms with Crippen LogP contribution in [0.3, 0.4) is 0 Å². The van der Waals surface area contributed by atoms with Crippen molar-refractivity contribution in [2.24, 2.45) is 5.92 Å². The number of methoxy groups -OCH3 is 1. The fourth-order valence-corrected chi connectivity index (χ4v) is 3.50. The van der Waals surface area contributed by atoms with E-state index in [1.54, 1.807) is 20.2 Å². The van der Waals surface area contributed by atoms with Gasteiger partial charge in [-0.3, -0.25) is 9.59 Å². The fourth-order valence-electron chi connectivity index (χ4n) is 3.27. The van der Waals surface area contributed by atoms with Crippen LogP contribution in [0.15, 0.2) is 58.8 Å². The minimum Gasteiger partial charge on any atom is -0.497 e. The van der Waals surface area contributed by atoms with E-state index >= 15 is 0 Å². The SMILES string of the molecule is CCOC(=O)[C@H]1C(=O)C=C(Nc2ccc(Br)cn2)C[C@H]1c1cccc(OC)c1. The number of hydrogen-bond acceptors (Lipinski definition) is 6. The molecular formula is C21H21BrN2O4. The topological polar surface area (TPSA) is 77.5 Å². The molecule has 0 saturated carbocycles. The third-order valence-corrected chi connectivity index (χ3v) is 5.01. The number of nitrogens with one attached hydrogen (secondary N) is 1. The summed E-state index contributed by atoms with van der Waals surface area (Å²) in [5.41, 5.74) is 1.55. The smallest absolute Gasteiger partial charge is 0.317 e. The highest BCUT2D eigenvalue weighted by Crippen LogP contribution is 2.38. The Balaban J connectivity index is 1.93. The number of hydrogen-bond donors (Lipinski definition) is 1. The summed E-state index contributed by atoms with van der Waals surface area (Å²) in [5.74, 6) is -0.720. The van der Waals surface area contributed by atoms with E-state index in [1.807, 2.05) is 36.4 Å². The molecule has 2 aromatic rings. The van der Waals surface area contributed by atoms with Crippen LogP contribution >= 0.6 is 15.9 Å². The van der Waals surface area contributed by atoms with E-state index in [0.717, 1.165) is 10.0 Å². The molecule has 1 aromatic heterocycles. The summed E-state index contributed by atoms with van der Waals surface area (Å²) in [6.45, 7) is 1.96. The lowest BCUT2D eigenvalue weighted by Gasteiger charge is -2.29. The fraction of sp³-hybridized carbons (Fsp3) is 0.286. The Morgan fingerprint density at radius 3 is 2.82 bits per heavy atom. The molecule has 0 amide bonds. The van der Waals surface area contributed by atoms with Crippen molar-refractivity contribution in [1.82, 2.24) is 4.98 Å². The van der Waals surface area contributed by atoms with Crippen LogP contribution < -0.4 is 10.1 Å².